The molecule has 2 aromatic heterocycles. The van der Waals surface area contributed by atoms with Crippen molar-refractivity contribution in [1.29, 1.82) is 0 Å². The molecule has 0 N–H and O–H groups in total. The van der Waals surface area contributed by atoms with Gasteiger partial charge in [-0.3, -0.25) is 0 Å². The second-order valence-corrected chi connectivity index (χ2v) is 8.56. The monoisotopic (exact) mass is 393 g/mol. The van der Waals surface area contributed by atoms with E-state index >= 15 is 0 Å². The van der Waals surface area contributed by atoms with Gasteiger partial charge >= 0.3 is 0 Å². The van der Waals surface area contributed by atoms with Crippen LogP contribution in [-0.4, -0.2) is 28.7 Å². The molecule has 0 saturated heterocycles. The Labute approximate surface area is 143 Å². The normalized spacial score (nSPS) is 12.0. The molecule has 1 aromatic carbocycles. The third-order valence-corrected chi connectivity index (χ3v) is 6.01. The Morgan fingerprint density at radius 1 is 1.26 bits per heavy atom. The molecule has 0 unspecified atom stereocenters. The minimum atomic E-state index is -3.37. The van der Waals surface area contributed by atoms with Crippen molar-refractivity contribution in [1.82, 2.24) is 14.5 Å². The van der Waals surface area contributed by atoms with E-state index in [9.17, 15) is 8.42 Å². The van der Waals surface area contributed by atoms with E-state index in [4.69, 9.17) is 0 Å². The first-order valence-electron chi connectivity index (χ1n) is 7.15. The highest BCUT2D eigenvalue weighted by atomic mass is 79.9. The van der Waals surface area contributed by atoms with Gasteiger partial charge in [-0.15, -0.1) is 0 Å². The van der Waals surface area contributed by atoms with Crippen molar-refractivity contribution in [3.05, 3.63) is 40.5 Å². The average molecular weight is 394 g/mol. The van der Waals surface area contributed by atoms with Crippen LogP contribution in [0, 0.1) is 6.92 Å². The van der Waals surface area contributed by atoms with Crippen LogP contribution < -0.4 is 0 Å². The van der Waals surface area contributed by atoms with Crippen LogP contribution in [0.3, 0.4) is 0 Å². The third-order valence-electron chi connectivity index (χ3n) is 3.75. The van der Waals surface area contributed by atoms with Crippen molar-refractivity contribution < 1.29 is 8.42 Å². The summed E-state index contributed by atoms with van der Waals surface area (Å²) in [6, 6.07) is 7.17. The average Bonchev–Trinajstić information content (AvgIpc) is 2.83. The van der Waals surface area contributed by atoms with Crippen LogP contribution in [0.1, 0.15) is 12.5 Å². The molecule has 0 aliphatic rings. The number of fused-ring (bicyclic) bond motifs is 1. The van der Waals surface area contributed by atoms with E-state index in [-0.39, 0.29) is 10.6 Å². The third kappa shape index (κ3) is 2.79. The zero-order valence-electron chi connectivity index (χ0n) is 13.0. The highest BCUT2D eigenvalue weighted by Crippen LogP contribution is 2.31. The van der Waals surface area contributed by atoms with E-state index in [0.29, 0.717) is 11.4 Å². The number of aryl methyl sites for hydroxylation is 2. The number of hydrogen-bond donors (Lipinski definition) is 0. The number of rotatable bonds is 3. The number of halogens is 1. The summed E-state index contributed by atoms with van der Waals surface area (Å²) in [7, 11) is -1.52. The van der Waals surface area contributed by atoms with Gasteiger partial charge in [0.05, 0.1) is 10.6 Å². The fourth-order valence-electron chi connectivity index (χ4n) is 2.51. The summed E-state index contributed by atoms with van der Waals surface area (Å²) < 4.78 is 27.5. The van der Waals surface area contributed by atoms with Crippen LogP contribution in [0.4, 0.5) is 0 Å². The standard InChI is InChI=1S/C16H16BrN3O2S/c1-4-23(21,22)14-8-11(17)5-6-12(14)15-19-13-7-10(2)9-18-16(13)20(15)3/h5-9H,4H2,1-3H3. The highest BCUT2D eigenvalue weighted by Gasteiger charge is 2.22. The van der Waals surface area contributed by atoms with Gasteiger partial charge in [0.1, 0.15) is 11.3 Å². The minimum absolute atomic E-state index is 0.0394. The molecular weight excluding hydrogens is 378 g/mol. The van der Waals surface area contributed by atoms with E-state index in [2.05, 4.69) is 25.9 Å². The minimum Gasteiger partial charge on any atom is -0.312 e. The Kier molecular flexibility index (Phi) is 4.01. The number of imidazole rings is 1. The molecule has 3 aromatic rings. The van der Waals surface area contributed by atoms with Gasteiger partial charge in [-0.2, -0.15) is 0 Å². The first-order chi connectivity index (χ1) is 10.8. The zero-order chi connectivity index (χ0) is 16.8. The number of sulfone groups is 1. The van der Waals surface area contributed by atoms with Gasteiger partial charge in [-0.05, 0) is 36.8 Å². The topological polar surface area (TPSA) is 64.8 Å². The van der Waals surface area contributed by atoms with Crippen molar-refractivity contribution in [3.63, 3.8) is 0 Å². The molecule has 0 saturated carbocycles. The Morgan fingerprint density at radius 3 is 2.70 bits per heavy atom. The number of pyridine rings is 1. The van der Waals surface area contributed by atoms with Crippen molar-refractivity contribution in [2.75, 3.05) is 5.75 Å². The summed E-state index contributed by atoms with van der Waals surface area (Å²) in [5, 5.41) is 0. The summed E-state index contributed by atoms with van der Waals surface area (Å²) >= 11 is 3.35. The first-order valence-corrected chi connectivity index (χ1v) is 9.59. The molecule has 23 heavy (non-hydrogen) atoms. The summed E-state index contributed by atoms with van der Waals surface area (Å²) in [5.74, 6) is 0.634. The lowest BCUT2D eigenvalue weighted by Gasteiger charge is -2.10. The van der Waals surface area contributed by atoms with Crippen LogP contribution >= 0.6 is 15.9 Å². The predicted molar refractivity (Wildman–Crippen MR) is 94.1 cm³/mol. The molecule has 0 atom stereocenters. The van der Waals surface area contributed by atoms with Gasteiger partial charge < -0.3 is 4.57 Å². The fourth-order valence-corrected chi connectivity index (χ4v) is 4.14. The van der Waals surface area contributed by atoms with Gasteiger partial charge in [0.15, 0.2) is 15.5 Å². The lowest BCUT2D eigenvalue weighted by Crippen LogP contribution is -2.07. The molecule has 3 rings (SSSR count). The molecular formula is C16H16BrN3O2S. The molecule has 120 valence electrons. The lowest BCUT2D eigenvalue weighted by molar-refractivity contribution is 0.597. The molecule has 0 bridgehead atoms. The second-order valence-electron chi connectivity index (χ2n) is 5.39. The molecule has 0 amide bonds. The predicted octanol–water partition coefficient (Wildman–Crippen LogP) is 3.50. The first kappa shape index (κ1) is 16.1. The van der Waals surface area contributed by atoms with E-state index < -0.39 is 9.84 Å². The van der Waals surface area contributed by atoms with Gasteiger partial charge in [0.2, 0.25) is 0 Å². The Morgan fingerprint density at radius 2 is 2.00 bits per heavy atom. The summed E-state index contributed by atoms with van der Waals surface area (Å²) in [6.45, 7) is 3.59. The quantitative estimate of drug-likeness (QED) is 0.682. The number of benzene rings is 1. The summed E-state index contributed by atoms with van der Waals surface area (Å²) in [6.07, 6.45) is 1.78. The molecule has 0 spiro atoms. The largest absolute Gasteiger partial charge is 0.312 e. The second kappa shape index (κ2) is 5.72. The van der Waals surface area contributed by atoms with E-state index in [0.717, 1.165) is 21.2 Å². The van der Waals surface area contributed by atoms with E-state index in [1.807, 2.05) is 30.7 Å². The van der Waals surface area contributed by atoms with Gasteiger partial charge in [-0.25, -0.2) is 18.4 Å². The van der Waals surface area contributed by atoms with Gasteiger partial charge in [0, 0.05) is 23.3 Å². The van der Waals surface area contributed by atoms with Crippen molar-refractivity contribution in [2.24, 2.45) is 7.05 Å². The maximum Gasteiger partial charge on any atom is 0.178 e. The van der Waals surface area contributed by atoms with E-state index in [1.165, 1.54) is 0 Å². The summed E-state index contributed by atoms with van der Waals surface area (Å²) in [4.78, 5) is 9.28. The molecule has 0 radical (unpaired) electrons. The molecule has 0 aliphatic heterocycles. The fraction of sp³-hybridized carbons (Fsp3) is 0.250. The zero-order valence-corrected chi connectivity index (χ0v) is 15.4. The molecule has 2 heterocycles. The number of aromatic nitrogens is 3. The number of nitrogens with zero attached hydrogens (tertiary/aromatic N) is 3. The van der Waals surface area contributed by atoms with Crippen LogP contribution in [0.2, 0.25) is 0 Å². The Bertz CT molecular complexity index is 1010. The Hall–Kier alpha value is -1.73. The molecule has 0 aliphatic carbocycles. The van der Waals surface area contributed by atoms with E-state index in [1.54, 1.807) is 25.3 Å². The SMILES string of the molecule is CCS(=O)(=O)c1cc(Br)ccc1-c1nc2cc(C)cnc2n1C. The maximum atomic E-state index is 12.5. The smallest absolute Gasteiger partial charge is 0.178 e. The van der Waals surface area contributed by atoms with Gasteiger partial charge in [-0.1, -0.05) is 22.9 Å². The van der Waals surface area contributed by atoms with Crippen LogP contribution in [0.25, 0.3) is 22.6 Å². The van der Waals surface area contributed by atoms with Crippen LogP contribution in [-0.2, 0) is 16.9 Å². The Balaban J connectivity index is 2.34. The lowest BCUT2D eigenvalue weighted by atomic mass is 10.2. The molecule has 7 heteroatoms. The van der Waals surface area contributed by atoms with Crippen LogP contribution in [0.15, 0.2) is 39.8 Å². The number of hydrogen-bond acceptors (Lipinski definition) is 4. The van der Waals surface area contributed by atoms with Crippen molar-refractivity contribution >= 4 is 36.9 Å². The van der Waals surface area contributed by atoms with Crippen molar-refractivity contribution in [2.45, 2.75) is 18.7 Å². The molecule has 5 nitrogen and oxygen atoms in total. The van der Waals surface area contributed by atoms with Crippen molar-refractivity contribution in [3.8, 4) is 11.4 Å². The van der Waals surface area contributed by atoms with Crippen LogP contribution in [0.5, 0.6) is 0 Å². The maximum absolute atomic E-state index is 12.5. The molecule has 0 fully saturated rings. The summed E-state index contributed by atoms with van der Waals surface area (Å²) in [5.41, 5.74) is 3.09. The highest BCUT2D eigenvalue weighted by molar-refractivity contribution is 9.10. The van der Waals surface area contributed by atoms with Gasteiger partial charge in [0.25, 0.3) is 0 Å².